The summed E-state index contributed by atoms with van der Waals surface area (Å²) in [5.74, 6) is -1.02. The van der Waals surface area contributed by atoms with Gasteiger partial charge in [0.1, 0.15) is 0 Å². The number of aromatic nitrogens is 1. The van der Waals surface area contributed by atoms with Crippen LogP contribution in [0.25, 0.3) is 10.9 Å². The summed E-state index contributed by atoms with van der Waals surface area (Å²) in [7, 11) is 1.98. The summed E-state index contributed by atoms with van der Waals surface area (Å²) in [5, 5.41) is 12.3. The van der Waals surface area contributed by atoms with Crippen molar-refractivity contribution in [3.63, 3.8) is 0 Å². The van der Waals surface area contributed by atoms with Crippen molar-refractivity contribution in [2.45, 2.75) is 19.3 Å². The van der Waals surface area contributed by atoms with Crippen LogP contribution in [0.3, 0.4) is 0 Å². The number of hydrogen-bond donors (Lipinski definition) is 2. The van der Waals surface area contributed by atoms with Crippen LogP contribution in [0, 0.1) is 0 Å². The third kappa shape index (κ3) is 3.38. The summed E-state index contributed by atoms with van der Waals surface area (Å²) in [6.45, 7) is 0.184. The van der Waals surface area contributed by atoms with Crippen LogP contribution in [0.5, 0.6) is 0 Å². The van der Waals surface area contributed by atoms with Crippen LogP contribution >= 0.6 is 0 Å². The third-order valence-corrected chi connectivity index (χ3v) is 3.26. The number of fused-ring (bicyclic) bond motifs is 1. The maximum absolute atomic E-state index is 11.6. The van der Waals surface area contributed by atoms with Gasteiger partial charge in [0.2, 0.25) is 5.91 Å². The number of rotatable bonds is 6. The molecule has 0 atom stereocenters. The maximum Gasteiger partial charge on any atom is 0.305 e. The lowest BCUT2D eigenvalue weighted by Gasteiger charge is -2.03. The SMILES string of the molecule is Cn1cc(CCC(=O)NCCC(=O)O)c2ccccc21. The van der Waals surface area contributed by atoms with E-state index in [2.05, 4.69) is 5.32 Å². The van der Waals surface area contributed by atoms with Gasteiger partial charge in [-0.05, 0) is 18.1 Å². The number of carboxylic acids is 1. The van der Waals surface area contributed by atoms with E-state index in [0.717, 1.165) is 16.5 Å². The molecule has 0 unspecified atom stereocenters. The van der Waals surface area contributed by atoms with Gasteiger partial charge in [-0.25, -0.2) is 0 Å². The Morgan fingerprint density at radius 1 is 1.25 bits per heavy atom. The number of para-hydroxylation sites is 1. The minimum Gasteiger partial charge on any atom is -0.481 e. The minimum atomic E-state index is -0.903. The molecule has 1 heterocycles. The lowest BCUT2D eigenvalue weighted by Crippen LogP contribution is -2.26. The smallest absolute Gasteiger partial charge is 0.305 e. The molecule has 0 fully saturated rings. The van der Waals surface area contributed by atoms with Crippen molar-refractivity contribution in [3.8, 4) is 0 Å². The first-order valence-electron chi connectivity index (χ1n) is 6.59. The van der Waals surface area contributed by atoms with Gasteiger partial charge in [0.25, 0.3) is 0 Å². The predicted octanol–water partition coefficient (Wildman–Crippen LogP) is 1.70. The molecule has 0 aliphatic carbocycles. The topological polar surface area (TPSA) is 71.3 Å². The van der Waals surface area contributed by atoms with Crippen molar-refractivity contribution in [1.29, 1.82) is 0 Å². The van der Waals surface area contributed by atoms with Gasteiger partial charge in [0.15, 0.2) is 0 Å². The Labute approximate surface area is 117 Å². The average molecular weight is 274 g/mol. The van der Waals surface area contributed by atoms with E-state index in [4.69, 9.17) is 5.11 Å². The van der Waals surface area contributed by atoms with Gasteiger partial charge in [-0.3, -0.25) is 9.59 Å². The average Bonchev–Trinajstić information content (AvgIpc) is 2.73. The van der Waals surface area contributed by atoms with Crippen molar-refractivity contribution < 1.29 is 14.7 Å². The summed E-state index contributed by atoms with van der Waals surface area (Å²) < 4.78 is 2.05. The van der Waals surface area contributed by atoms with Gasteiger partial charge in [0.05, 0.1) is 6.42 Å². The Bertz CT molecular complexity index is 631. The second-order valence-corrected chi connectivity index (χ2v) is 4.78. The first-order valence-corrected chi connectivity index (χ1v) is 6.59. The molecule has 20 heavy (non-hydrogen) atoms. The molecule has 1 aromatic carbocycles. The molecule has 1 aromatic heterocycles. The van der Waals surface area contributed by atoms with E-state index in [1.807, 2.05) is 42.1 Å². The number of carbonyl (C=O) groups is 2. The molecule has 106 valence electrons. The molecular formula is C15H18N2O3. The third-order valence-electron chi connectivity index (χ3n) is 3.26. The molecule has 0 radical (unpaired) electrons. The molecule has 0 bridgehead atoms. The minimum absolute atomic E-state index is 0.0417. The molecular weight excluding hydrogens is 256 g/mol. The van der Waals surface area contributed by atoms with Crippen LogP contribution < -0.4 is 5.32 Å². The second kappa shape index (κ2) is 6.23. The fourth-order valence-corrected chi connectivity index (χ4v) is 2.27. The van der Waals surface area contributed by atoms with Crippen LogP contribution in [-0.4, -0.2) is 28.1 Å². The van der Waals surface area contributed by atoms with Gasteiger partial charge < -0.3 is 15.0 Å². The van der Waals surface area contributed by atoms with E-state index in [-0.39, 0.29) is 18.9 Å². The number of amides is 1. The molecule has 2 N–H and O–H groups in total. The van der Waals surface area contributed by atoms with Gasteiger partial charge in [-0.15, -0.1) is 0 Å². The molecule has 0 aliphatic rings. The Hall–Kier alpha value is -2.30. The van der Waals surface area contributed by atoms with Crippen LogP contribution in [0.15, 0.2) is 30.5 Å². The number of aliphatic carboxylic acids is 1. The monoisotopic (exact) mass is 274 g/mol. The normalized spacial score (nSPS) is 10.7. The van der Waals surface area contributed by atoms with Gasteiger partial charge in [-0.1, -0.05) is 18.2 Å². The number of benzene rings is 1. The van der Waals surface area contributed by atoms with E-state index in [1.165, 1.54) is 0 Å². The zero-order valence-corrected chi connectivity index (χ0v) is 11.4. The first-order chi connectivity index (χ1) is 9.58. The van der Waals surface area contributed by atoms with E-state index in [1.54, 1.807) is 0 Å². The van der Waals surface area contributed by atoms with Crippen LogP contribution in [0.1, 0.15) is 18.4 Å². The summed E-state index contributed by atoms with van der Waals surface area (Å²) in [6.07, 6.45) is 3.02. The van der Waals surface area contributed by atoms with Crippen LogP contribution in [0.4, 0.5) is 0 Å². The Morgan fingerprint density at radius 3 is 2.75 bits per heavy atom. The summed E-state index contributed by atoms with van der Waals surface area (Å²) in [4.78, 5) is 22.0. The molecule has 0 spiro atoms. The zero-order chi connectivity index (χ0) is 14.5. The molecule has 0 aliphatic heterocycles. The lowest BCUT2D eigenvalue weighted by atomic mass is 10.1. The van der Waals surface area contributed by atoms with Crippen molar-refractivity contribution in [1.82, 2.24) is 9.88 Å². The van der Waals surface area contributed by atoms with Crippen molar-refractivity contribution >= 4 is 22.8 Å². The Morgan fingerprint density at radius 2 is 2.00 bits per heavy atom. The molecule has 5 heteroatoms. The zero-order valence-electron chi connectivity index (χ0n) is 11.4. The number of nitrogens with zero attached hydrogens (tertiary/aromatic N) is 1. The van der Waals surface area contributed by atoms with E-state index < -0.39 is 5.97 Å². The number of aryl methyl sites for hydroxylation is 2. The standard InChI is InChI=1S/C15H18N2O3/c1-17-10-11(12-4-2-3-5-13(12)17)6-7-14(18)16-9-8-15(19)20/h2-5,10H,6-9H2,1H3,(H,16,18)(H,19,20). The van der Waals surface area contributed by atoms with E-state index >= 15 is 0 Å². The van der Waals surface area contributed by atoms with E-state index in [0.29, 0.717) is 12.8 Å². The first kappa shape index (κ1) is 14.1. The number of hydrogen-bond acceptors (Lipinski definition) is 2. The molecule has 1 amide bonds. The summed E-state index contributed by atoms with van der Waals surface area (Å²) in [5.41, 5.74) is 2.28. The molecule has 5 nitrogen and oxygen atoms in total. The highest BCUT2D eigenvalue weighted by Gasteiger charge is 2.08. The van der Waals surface area contributed by atoms with Gasteiger partial charge >= 0.3 is 5.97 Å². The molecule has 2 rings (SSSR count). The van der Waals surface area contributed by atoms with Crippen molar-refractivity contribution in [2.24, 2.45) is 7.05 Å². The highest BCUT2D eigenvalue weighted by molar-refractivity contribution is 5.85. The maximum atomic E-state index is 11.6. The lowest BCUT2D eigenvalue weighted by molar-refractivity contribution is -0.136. The second-order valence-electron chi connectivity index (χ2n) is 4.78. The van der Waals surface area contributed by atoms with Gasteiger partial charge in [-0.2, -0.15) is 0 Å². The van der Waals surface area contributed by atoms with Crippen LogP contribution in [0.2, 0.25) is 0 Å². The fourth-order valence-electron chi connectivity index (χ4n) is 2.27. The van der Waals surface area contributed by atoms with E-state index in [9.17, 15) is 9.59 Å². The Balaban J connectivity index is 1.93. The predicted molar refractivity (Wildman–Crippen MR) is 76.5 cm³/mol. The highest BCUT2D eigenvalue weighted by Crippen LogP contribution is 2.21. The highest BCUT2D eigenvalue weighted by atomic mass is 16.4. The van der Waals surface area contributed by atoms with Crippen molar-refractivity contribution in [2.75, 3.05) is 6.54 Å². The van der Waals surface area contributed by atoms with Crippen molar-refractivity contribution in [3.05, 3.63) is 36.0 Å². The number of carbonyl (C=O) groups excluding carboxylic acids is 1. The molecule has 2 aromatic rings. The molecule has 0 saturated heterocycles. The number of nitrogens with one attached hydrogen (secondary N) is 1. The fraction of sp³-hybridized carbons (Fsp3) is 0.333. The Kier molecular flexibility index (Phi) is 4.40. The quantitative estimate of drug-likeness (QED) is 0.842. The largest absolute Gasteiger partial charge is 0.481 e. The summed E-state index contributed by atoms with van der Waals surface area (Å²) in [6, 6.07) is 8.07. The molecule has 0 saturated carbocycles. The van der Waals surface area contributed by atoms with Crippen LogP contribution in [-0.2, 0) is 23.1 Å². The van der Waals surface area contributed by atoms with Gasteiger partial charge in [0, 0.05) is 37.1 Å². The summed E-state index contributed by atoms with van der Waals surface area (Å²) >= 11 is 0. The number of carboxylic acid groups (broad SMARTS) is 1.